The van der Waals surface area contributed by atoms with Crippen LogP contribution in [-0.2, 0) is 13.0 Å². The van der Waals surface area contributed by atoms with Crippen LogP contribution >= 0.6 is 11.3 Å². The molecular weight excluding hydrogens is 336 g/mol. The number of fused-ring (bicyclic) bond motifs is 2. The van der Waals surface area contributed by atoms with Crippen molar-refractivity contribution < 1.29 is 4.79 Å². The van der Waals surface area contributed by atoms with E-state index in [2.05, 4.69) is 15.5 Å². The quantitative estimate of drug-likeness (QED) is 0.581. The number of nitrogens with zero attached hydrogens (tertiary/aromatic N) is 3. The van der Waals surface area contributed by atoms with Gasteiger partial charge < -0.3 is 0 Å². The van der Waals surface area contributed by atoms with Gasteiger partial charge in [0.05, 0.1) is 16.6 Å². The van der Waals surface area contributed by atoms with Gasteiger partial charge in [-0.25, -0.2) is 10.4 Å². The Labute approximate surface area is 147 Å². The lowest BCUT2D eigenvalue weighted by molar-refractivity contribution is 0.0955. The molecule has 4 rings (SSSR count). The normalized spacial score (nSPS) is 13.9. The summed E-state index contributed by atoms with van der Waals surface area (Å²) in [6.07, 6.45) is 1.73. The van der Waals surface area contributed by atoms with Gasteiger partial charge in [0.15, 0.2) is 0 Å². The lowest BCUT2D eigenvalue weighted by Gasteiger charge is -2.06. The zero-order chi connectivity index (χ0) is 17.4. The van der Waals surface area contributed by atoms with E-state index in [-0.39, 0.29) is 11.5 Å². The molecule has 7 heteroatoms. The first kappa shape index (κ1) is 15.7. The molecule has 0 unspecified atom stereocenters. The third-order valence-electron chi connectivity index (χ3n) is 4.28. The molecule has 3 heterocycles. The minimum absolute atomic E-state index is 0.0315. The highest BCUT2D eigenvalue weighted by molar-refractivity contribution is 7.12. The molecule has 1 amide bonds. The second-order valence-corrected chi connectivity index (χ2v) is 6.88. The maximum atomic E-state index is 12.4. The zero-order valence-corrected chi connectivity index (χ0v) is 14.5. The second-order valence-electron chi connectivity index (χ2n) is 5.94. The van der Waals surface area contributed by atoms with Crippen molar-refractivity contribution >= 4 is 33.9 Å². The van der Waals surface area contributed by atoms with Gasteiger partial charge in [0.2, 0.25) is 0 Å². The smallest absolute Gasteiger partial charge is 0.271 e. The third-order valence-corrected chi connectivity index (χ3v) is 5.26. The number of benzene rings is 1. The summed E-state index contributed by atoms with van der Waals surface area (Å²) in [7, 11) is 0. The standard InChI is InChI=1S/C18H16N4O2S/c1-11(15-4-3-9-25-15)20-21-17(23)12-6-7-13-14(10-12)19-16-5-2-8-22(16)18(13)24/h3-4,6-7,9-10H,2,5,8H2,1H3,(H,21,23)/b20-11-. The summed E-state index contributed by atoms with van der Waals surface area (Å²) < 4.78 is 1.72. The van der Waals surface area contributed by atoms with E-state index in [4.69, 9.17) is 0 Å². The van der Waals surface area contributed by atoms with E-state index in [9.17, 15) is 9.59 Å². The summed E-state index contributed by atoms with van der Waals surface area (Å²) in [6, 6.07) is 8.84. The van der Waals surface area contributed by atoms with Crippen molar-refractivity contribution in [1.29, 1.82) is 0 Å². The van der Waals surface area contributed by atoms with Crippen LogP contribution in [-0.4, -0.2) is 21.2 Å². The summed E-state index contributed by atoms with van der Waals surface area (Å²) in [6.45, 7) is 2.56. The highest BCUT2D eigenvalue weighted by atomic mass is 32.1. The van der Waals surface area contributed by atoms with Crippen LogP contribution in [0.3, 0.4) is 0 Å². The largest absolute Gasteiger partial charge is 0.296 e. The fourth-order valence-electron chi connectivity index (χ4n) is 2.96. The Morgan fingerprint density at radius 2 is 2.24 bits per heavy atom. The number of carbonyl (C=O) groups is 1. The van der Waals surface area contributed by atoms with Gasteiger partial charge in [-0.3, -0.25) is 14.2 Å². The van der Waals surface area contributed by atoms with E-state index < -0.39 is 0 Å². The Bertz CT molecular complexity index is 1050. The number of hydrazone groups is 1. The summed E-state index contributed by atoms with van der Waals surface area (Å²) >= 11 is 1.56. The molecule has 0 radical (unpaired) electrons. The van der Waals surface area contributed by atoms with Crippen LogP contribution in [0.5, 0.6) is 0 Å². The predicted octanol–water partition coefficient (Wildman–Crippen LogP) is 2.56. The van der Waals surface area contributed by atoms with E-state index in [0.717, 1.165) is 35.8 Å². The van der Waals surface area contributed by atoms with Crippen LogP contribution in [0.15, 0.2) is 45.6 Å². The summed E-state index contributed by atoms with van der Waals surface area (Å²) in [5.74, 6) is 0.474. The average Bonchev–Trinajstić information content (AvgIpc) is 3.30. The van der Waals surface area contributed by atoms with Gasteiger partial charge in [0, 0.05) is 23.4 Å². The van der Waals surface area contributed by atoms with Gasteiger partial charge in [0.1, 0.15) is 5.82 Å². The van der Waals surface area contributed by atoms with Crippen molar-refractivity contribution in [2.24, 2.45) is 5.10 Å². The Morgan fingerprint density at radius 1 is 1.36 bits per heavy atom. The van der Waals surface area contributed by atoms with E-state index in [0.29, 0.717) is 16.5 Å². The first-order chi connectivity index (χ1) is 12.1. The van der Waals surface area contributed by atoms with Crippen LogP contribution in [0.25, 0.3) is 10.9 Å². The molecule has 0 saturated carbocycles. The van der Waals surface area contributed by atoms with Gasteiger partial charge in [0.25, 0.3) is 11.5 Å². The van der Waals surface area contributed by atoms with Crippen molar-refractivity contribution in [3.63, 3.8) is 0 Å². The van der Waals surface area contributed by atoms with Crippen molar-refractivity contribution in [2.75, 3.05) is 0 Å². The maximum absolute atomic E-state index is 12.4. The van der Waals surface area contributed by atoms with Crippen molar-refractivity contribution in [3.8, 4) is 0 Å². The Morgan fingerprint density at radius 3 is 3.04 bits per heavy atom. The topological polar surface area (TPSA) is 76.3 Å². The molecule has 0 fully saturated rings. The zero-order valence-electron chi connectivity index (χ0n) is 13.7. The minimum Gasteiger partial charge on any atom is -0.296 e. The number of aromatic nitrogens is 2. The van der Waals surface area contributed by atoms with Crippen molar-refractivity contribution in [2.45, 2.75) is 26.3 Å². The summed E-state index contributed by atoms with van der Waals surface area (Å²) in [4.78, 5) is 30.4. The van der Waals surface area contributed by atoms with Gasteiger partial charge in [-0.2, -0.15) is 5.10 Å². The predicted molar refractivity (Wildman–Crippen MR) is 98.3 cm³/mol. The van der Waals surface area contributed by atoms with Gasteiger partial charge in [-0.15, -0.1) is 11.3 Å². The summed E-state index contributed by atoms with van der Waals surface area (Å²) in [5.41, 5.74) is 4.28. The van der Waals surface area contributed by atoms with Crippen LogP contribution in [0.4, 0.5) is 0 Å². The summed E-state index contributed by atoms with van der Waals surface area (Å²) in [5, 5.41) is 6.64. The molecule has 6 nitrogen and oxygen atoms in total. The average molecular weight is 352 g/mol. The Kier molecular flexibility index (Phi) is 3.93. The number of rotatable bonds is 3. The van der Waals surface area contributed by atoms with Crippen LogP contribution in [0, 0.1) is 0 Å². The molecule has 0 atom stereocenters. The number of thiophene rings is 1. The third kappa shape index (κ3) is 2.87. The maximum Gasteiger partial charge on any atom is 0.271 e. The van der Waals surface area contributed by atoms with Crippen molar-refractivity contribution in [3.05, 3.63) is 62.3 Å². The van der Waals surface area contributed by atoms with Crippen LogP contribution in [0.1, 0.15) is 34.4 Å². The molecule has 2 aromatic heterocycles. The lowest BCUT2D eigenvalue weighted by atomic mass is 10.1. The molecular formula is C18H16N4O2S. The molecule has 1 N–H and O–H groups in total. The monoisotopic (exact) mass is 352 g/mol. The number of amides is 1. The number of nitrogens with one attached hydrogen (secondary N) is 1. The van der Waals surface area contributed by atoms with E-state index in [1.807, 2.05) is 24.4 Å². The molecule has 0 saturated heterocycles. The molecule has 0 aliphatic carbocycles. The van der Waals surface area contributed by atoms with Crippen LogP contribution in [0.2, 0.25) is 0 Å². The molecule has 0 bridgehead atoms. The molecule has 3 aromatic rings. The number of hydrogen-bond acceptors (Lipinski definition) is 5. The van der Waals surface area contributed by atoms with E-state index >= 15 is 0 Å². The van der Waals surface area contributed by atoms with Gasteiger partial charge in [-0.05, 0) is 43.0 Å². The number of carbonyl (C=O) groups excluding carboxylic acids is 1. The fraction of sp³-hybridized carbons (Fsp3) is 0.222. The second kappa shape index (κ2) is 6.25. The van der Waals surface area contributed by atoms with Gasteiger partial charge in [-0.1, -0.05) is 6.07 Å². The highest BCUT2D eigenvalue weighted by Crippen LogP contribution is 2.16. The van der Waals surface area contributed by atoms with Gasteiger partial charge >= 0.3 is 0 Å². The lowest BCUT2D eigenvalue weighted by Crippen LogP contribution is -2.22. The number of hydrogen-bond donors (Lipinski definition) is 1. The Balaban J connectivity index is 1.63. The fourth-order valence-corrected chi connectivity index (χ4v) is 3.64. The number of aryl methyl sites for hydroxylation is 1. The molecule has 1 aliphatic heterocycles. The SMILES string of the molecule is C/C(=N/NC(=O)c1ccc2c(=O)n3c(nc2c1)CCC3)c1cccs1. The highest BCUT2D eigenvalue weighted by Gasteiger charge is 2.17. The first-order valence-electron chi connectivity index (χ1n) is 8.05. The molecule has 126 valence electrons. The molecule has 1 aromatic carbocycles. The first-order valence-corrected chi connectivity index (χ1v) is 8.93. The minimum atomic E-state index is -0.319. The molecule has 1 aliphatic rings. The molecule has 25 heavy (non-hydrogen) atoms. The van der Waals surface area contributed by atoms with Crippen LogP contribution < -0.4 is 11.0 Å². The van der Waals surface area contributed by atoms with E-state index in [1.54, 1.807) is 34.1 Å². The van der Waals surface area contributed by atoms with E-state index in [1.165, 1.54) is 0 Å². The molecule has 0 spiro atoms. The van der Waals surface area contributed by atoms with Crippen molar-refractivity contribution in [1.82, 2.24) is 15.0 Å². The Hall–Kier alpha value is -2.80.